The smallest absolute Gasteiger partial charge is 0.274 e. The van der Waals surface area contributed by atoms with Crippen LogP contribution in [0.2, 0.25) is 0 Å². The lowest BCUT2D eigenvalue weighted by atomic mass is 10.1. The maximum absolute atomic E-state index is 12.0. The fourth-order valence-electron chi connectivity index (χ4n) is 2.17. The lowest BCUT2D eigenvalue weighted by molar-refractivity contribution is -0.118. The van der Waals surface area contributed by atoms with Crippen molar-refractivity contribution in [2.75, 3.05) is 0 Å². The topological polar surface area (TPSA) is 87.7 Å². The summed E-state index contributed by atoms with van der Waals surface area (Å²) in [6, 6.07) is 13.9. The van der Waals surface area contributed by atoms with Crippen LogP contribution in [-0.4, -0.2) is 23.2 Å². The summed E-state index contributed by atoms with van der Waals surface area (Å²) < 4.78 is 5.57. The molecule has 0 saturated heterocycles. The van der Waals surface area contributed by atoms with Crippen molar-refractivity contribution in [3.05, 3.63) is 71.3 Å². The molecular weight excluding hydrogens is 320 g/mol. The van der Waals surface area contributed by atoms with Gasteiger partial charge in [-0.1, -0.05) is 24.3 Å². The summed E-state index contributed by atoms with van der Waals surface area (Å²) in [6.45, 7) is 3.68. The minimum atomic E-state index is -0.603. The number of ether oxygens (including phenoxy) is 1. The van der Waals surface area contributed by atoms with E-state index in [9.17, 15) is 9.59 Å². The van der Waals surface area contributed by atoms with Crippen LogP contribution >= 0.6 is 0 Å². The predicted molar refractivity (Wildman–Crippen MR) is 94.1 cm³/mol. The number of hydroxylamine groups is 1. The van der Waals surface area contributed by atoms with Gasteiger partial charge in [-0.05, 0) is 55.3 Å². The van der Waals surface area contributed by atoms with Crippen molar-refractivity contribution >= 4 is 17.9 Å². The molecule has 0 saturated carbocycles. The minimum Gasteiger partial charge on any atom is -0.471 e. The van der Waals surface area contributed by atoms with E-state index in [2.05, 4.69) is 5.32 Å². The van der Waals surface area contributed by atoms with E-state index >= 15 is 0 Å². The van der Waals surface area contributed by atoms with Crippen LogP contribution in [0.4, 0.5) is 0 Å². The van der Waals surface area contributed by atoms with Gasteiger partial charge in [0.1, 0.15) is 5.75 Å². The maximum atomic E-state index is 12.0. The molecule has 0 heterocycles. The highest BCUT2D eigenvalue weighted by atomic mass is 16.5. The molecule has 0 radical (unpaired) electrons. The zero-order valence-corrected chi connectivity index (χ0v) is 14.0. The first kappa shape index (κ1) is 18.2. The fraction of sp³-hybridized carbons (Fsp3) is 0.158. The fourth-order valence-corrected chi connectivity index (χ4v) is 2.17. The van der Waals surface area contributed by atoms with Crippen molar-refractivity contribution < 1.29 is 19.5 Å². The van der Waals surface area contributed by atoms with Crippen LogP contribution in [0.1, 0.15) is 28.4 Å². The number of nitrogens with one attached hydrogen (secondary N) is 2. The zero-order valence-electron chi connectivity index (χ0n) is 14.0. The van der Waals surface area contributed by atoms with E-state index in [0.717, 1.165) is 11.1 Å². The summed E-state index contributed by atoms with van der Waals surface area (Å²) in [5.41, 5.74) is 3.92. The normalized spacial score (nSPS) is 11.8. The van der Waals surface area contributed by atoms with Gasteiger partial charge in [-0.2, -0.15) is 0 Å². The van der Waals surface area contributed by atoms with Crippen molar-refractivity contribution in [2.24, 2.45) is 0 Å². The molecule has 0 bridgehead atoms. The van der Waals surface area contributed by atoms with E-state index < -0.39 is 12.1 Å². The van der Waals surface area contributed by atoms with Crippen molar-refractivity contribution in [1.82, 2.24) is 10.8 Å². The summed E-state index contributed by atoms with van der Waals surface area (Å²) in [5.74, 6) is -0.383. The Kier molecular flexibility index (Phi) is 6.31. The Morgan fingerprint density at radius 2 is 1.80 bits per heavy atom. The number of rotatable bonds is 6. The predicted octanol–water partition coefficient (Wildman–Crippen LogP) is 2.67. The van der Waals surface area contributed by atoms with E-state index in [4.69, 9.17) is 9.94 Å². The molecule has 0 aromatic heterocycles. The van der Waals surface area contributed by atoms with E-state index in [1.165, 1.54) is 18.2 Å². The van der Waals surface area contributed by atoms with Gasteiger partial charge in [0.15, 0.2) is 6.23 Å². The van der Waals surface area contributed by atoms with Crippen LogP contribution in [-0.2, 0) is 4.79 Å². The van der Waals surface area contributed by atoms with Crippen LogP contribution in [0.5, 0.6) is 5.75 Å². The third-order valence-electron chi connectivity index (χ3n) is 3.48. The molecule has 2 aromatic carbocycles. The van der Waals surface area contributed by atoms with Crippen LogP contribution < -0.4 is 15.5 Å². The van der Waals surface area contributed by atoms with Crippen LogP contribution in [0.25, 0.3) is 6.08 Å². The van der Waals surface area contributed by atoms with Crippen LogP contribution in [0.3, 0.4) is 0 Å². The maximum Gasteiger partial charge on any atom is 0.274 e. The number of hydrogen-bond acceptors (Lipinski definition) is 4. The van der Waals surface area contributed by atoms with Gasteiger partial charge in [0.05, 0.1) is 0 Å². The Balaban J connectivity index is 1.89. The number of carbonyl (C=O) groups is 2. The average Bonchev–Trinajstić information content (AvgIpc) is 2.61. The number of amides is 2. The Labute approximate surface area is 146 Å². The second-order valence-corrected chi connectivity index (χ2v) is 5.42. The van der Waals surface area contributed by atoms with Gasteiger partial charge in [-0.3, -0.25) is 14.8 Å². The molecule has 1 atom stereocenters. The second kappa shape index (κ2) is 8.65. The molecule has 0 fully saturated rings. The summed E-state index contributed by atoms with van der Waals surface area (Å²) >= 11 is 0. The summed E-state index contributed by atoms with van der Waals surface area (Å²) in [4.78, 5) is 23.2. The summed E-state index contributed by atoms with van der Waals surface area (Å²) in [7, 11) is 0. The van der Waals surface area contributed by atoms with E-state index in [1.54, 1.807) is 30.6 Å². The lowest BCUT2D eigenvalue weighted by Gasteiger charge is -2.15. The van der Waals surface area contributed by atoms with Crippen molar-refractivity contribution in [3.8, 4) is 5.75 Å². The van der Waals surface area contributed by atoms with E-state index in [1.807, 2.05) is 31.2 Å². The molecule has 25 heavy (non-hydrogen) atoms. The van der Waals surface area contributed by atoms with Crippen molar-refractivity contribution in [2.45, 2.75) is 20.1 Å². The molecule has 0 aliphatic carbocycles. The number of aryl methyl sites for hydroxylation is 1. The molecule has 2 rings (SSSR count). The van der Waals surface area contributed by atoms with E-state index in [-0.39, 0.29) is 5.91 Å². The molecule has 6 nitrogen and oxygen atoms in total. The van der Waals surface area contributed by atoms with Gasteiger partial charge in [0.2, 0.25) is 5.91 Å². The largest absolute Gasteiger partial charge is 0.471 e. The van der Waals surface area contributed by atoms with E-state index in [0.29, 0.717) is 11.3 Å². The van der Waals surface area contributed by atoms with Gasteiger partial charge in [0, 0.05) is 11.6 Å². The van der Waals surface area contributed by atoms with Gasteiger partial charge in [-0.15, -0.1) is 0 Å². The van der Waals surface area contributed by atoms with Gasteiger partial charge < -0.3 is 10.1 Å². The number of carbonyl (C=O) groups excluding carboxylic acids is 2. The average molecular weight is 340 g/mol. The molecule has 2 aromatic rings. The number of benzene rings is 2. The lowest BCUT2D eigenvalue weighted by Crippen LogP contribution is -2.35. The second-order valence-electron chi connectivity index (χ2n) is 5.42. The van der Waals surface area contributed by atoms with Crippen molar-refractivity contribution in [3.63, 3.8) is 0 Å². The molecule has 2 amide bonds. The molecule has 0 aliphatic rings. The quantitative estimate of drug-likeness (QED) is 0.326. The summed E-state index contributed by atoms with van der Waals surface area (Å²) in [6.07, 6.45) is 2.66. The molecule has 1 unspecified atom stereocenters. The first-order valence-corrected chi connectivity index (χ1v) is 7.75. The standard InChI is InChI=1S/C19H20N2O4/c1-13-5-3-4-6-15(13)9-12-18(22)20-14(2)25-17-10-7-16(8-11-17)19(23)21-24/h3-12,14,24H,1-2H3,(H,20,22)(H,21,23)/b12-9+. The van der Waals surface area contributed by atoms with Gasteiger partial charge in [-0.25, -0.2) is 5.48 Å². The molecule has 0 spiro atoms. The Hall–Kier alpha value is -3.12. The van der Waals surface area contributed by atoms with Crippen LogP contribution in [0.15, 0.2) is 54.6 Å². The Morgan fingerprint density at radius 1 is 1.12 bits per heavy atom. The molecular formula is C19H20N2O4. The van der Waals surface area contributed by atoms with Crippen molar-refractivity contribution in [1.29, 1.82) is 0 Å². The number of hydrogen-bond donors (Lipinski definition) is 3. The third-order valence-corrected chi connectivity index (χ3v) is 3.48. The Morgan fingerprint density at radius 3 is 2.44 bits per heavy atom. The molecule has 0 aliphatic heterocycles. The highest BCUT2D eigenvalue weighted by Gasteiger charge is 2.08. The van der Waals surface area contributed by atoms with Gasteiger partial charge >= 0.3 is 0 Å². The summed E-state index contributed by atoms with van der Waals surface area (Å²) in [5, 5.41) is 11.3. The van der Waals surface area contributed by atoms with Crippen LogP contribution in [0, 0.1) is 6.92 Å². The third kappa shape index (κ3) is 5.47. The SMILES string of the molecule is Cc1ccccc1/C=C/C(=O)NC(C)Oc1ccc(C(=O)NO)cc1. The molecule has 6 heteroatoms. The highest BCUT2D eigenvalue weighted by Crippen LogP contribution is 2.13. The molecule has 3 N–H and O–H groups in total. The first-order valence-electron chi connectivity index (χ1n) is 7.75. The Bertz CT molecular complexity index is 769. The monoisotopic (exact) mass is 340 g/mol. The molecule has 130 valence electrons. The first-order chi connectivity index (χ1) is 12.0. The minimum absolute atomic E-state index is 0.271. The zero-order chi connectivity index (χ0) is 18.2. The highest BCUT2D eigenvalue weighted by molar-refractivity contribution is 5.93. The van der Waals surface area contributed by atoms with Gasteiger partial charge in [0.25, 0.3) is 5.91 Å².